The highest BCUT2D eigenvalue weighted by molar-refractivity contribution is 6.00. The number of carbonyl (C=O) groups excluding carboxylic acids is 2. The summed E-state index contributed by atoms with van der Waals surface area (Å²) in [6, 6.07) is 1.77. The van der Waals surface area contributed by atoms with E-state index in [2.05, 4.69) is 10.1 Å². The van der Waals surface area contributed by atoms with E-state index in [0.717, 1.165) is 12.0 Å². The topological polar surface area (TPSA) is 79.5 Å². The predicted molar refractivity (Wildman–Crippen MR) is 81.6 cm³/mol. The van der Waals surface area contributed by atoms with Gasteiger partial charge >= 0.3 is 0 Å². The van der Waals surface area contributed by atoms with Crippen LogP contribution in [0.2, 0.25) is 0 Å². The molecular formula is C16H18N4O3. The molecule has 2 aromatic heterocycles. The van der Waals surface area contributed by atoms with Gasteiger partial charge in [0.25, 0.3) is 11.8 Å². The van der Waals surface area contributed by atoms with Crippen LogP contribution in [0.25, 0.3) is 0 Å². The number of pyridine rings is 1. The Hall–Kier alpha value is -2.70. The summed E-state index contributed by atoms with van der Waals surface area (Å²) in [5.74, 6) is -0.0180. The molecule has 1 saturated heterocycles. The van der Waals surface area contributed by atoms with E-state index < -0.39 is 0 Å². The normalized spacial score (nSPS) is 14.4. The van der Waals surface area contributed by atoms with E-state index in [9.17, 15) is 9.59 Å². The second kappa shape index (κ2) is 5.83. The summed E-state index contributed by atoms with van der Waals surface area (Å²) in [6.07, 6.45) is 3.94. The van der Waals surface area contributed by atoms with E-state index in [1.165, 1.54) is 16.2 Å². The summed E-state index contributed by atoms with van der Waals surface area (Å²) >= 11 is 0. The Morgan fingerprint density at radius 1 is 1.09 bits per heavy atom. The zero-order chi connectivity index (χ0) is 16.6. The van der Waals surface area contributed by atoms with Crippen molar-refractivity contribution in [2.75, 3.05) is 13.1 Å². The van der Waals surface area contributed by atoms with Crippen molar-refractivity contribution in [2.24, 2.45) is 0 Å². The molecule has 2 amide bonds. The van der Waals surface area contributed by atoms with Crippen LogP contribution >= 0.6 is 0 Å². The molecule has 1 aliphatic rings. The zero-order valence-corrected chi connectivity index (χ0v) is 13.4. The Morgan fingerprint density at radius 2 is 1.78 bits per heavy atom. The van der Waals surface area contributed by atoms with Crippen LogP contribution in [0.15, 0.2) is 23.0 Å². The molecule has 0 radical (unpaired) electrons. The lowest BCUT2D eigenvalue weighted by atomic mass is 10.2. The molecule has 0 atom stereocenters. The fraction of sp³-hybridized carbons (Fsp3) is 0.375. The van der Waals surface area contributed by atoms with E-state index in [1.807, 2.05) is 6.92 Å². The first-order valence-corrected chi connectivity index (χ1v) is 7.47. The molecule has 3 rings (SSSR count). The Balaban J connectivity index is 1.88. The molecule has 7 nitrogen and oxygen atoms in total. The van der Waals surface area contributed by atoms with Crippen molar-refractivity contribution in [1.82, 2.24) is 20.2 Å². The van der Waals surface area contributed by atoms with Crippen molar-refractivity contribution in [3.63, 3.8) is 0 Å². The number of amides is 2. The lowest BCUT2D eigenvalue weighted by Gasteiger charge is -2.27. The average molecular weight is 314 g/mol. The van der Waals surface area contributed by atoms with Crippen molar-refractivity contribution in [3.05, 3.63) is 46.6 Å². The molecule has 2 aromatic rings. The van der Waals surface area contributed by atoms with Gasteiger partial charge in [0.15, 0.2) is 0 Å². The van der Waals surface area contributed by atoms with Gasteiger partial charge in [0, 0.05) is 25.5 Å². The second-order valence-corrected chi connectivity index (χ2v) is 5.66. The molecule has 7 heteroatoms. The molecule has 0 unspecified atom stereocenters. The molecule has 0 N–H and O–H groups in total. The first kappa shape index (κ1) is 15.2. The van der Waals surface area contributed by atoms with Crippen molar-refractivity contribution in [3.8, 4) is 0 Å². The molecule has 120 valence electrons. The number of carbonyl (C=O) groups is 2. The molecule has 0 aromatic carbocycles. The molecule has 3 heterocycles. The minimum absolute atomic E-state index is 0.223. The maximum absolute atomic E-state index is 12.8. The minimum atomic E-state index is -0.257. The minimum Gasteiger partial charge on any atom is -0.361 e. The van der Waals surface area contributed by atoms with Gasteiger partial charge in [-0.15, -0.1) is 0 Å². The third-order valence-electron chi connectivity index (χ3n) is 3.87. The van der Waals surface area contributed by atoms with Gasteiger partial charge in [-0.2, -0.15) is 0 Å². The number of hydrogen-bond donors (Lipinski definition) is 0. The van der Waals surface area contributed by atoms with E-state index in [0.29, 0.717) is 35.7 Å². The highest BCUT2D eigenvalue weighted by Gasteiger charge is 2.34. The summed E-state index contributed by atoms with van der Waals surface area (Å²) in [7, 11) is 0. The van der Waals surface area contributed by atoms with E-state index in [1.54, 1.807) is 26.1 Å². The van der Waals surface area contributed by atoms with Crippen LogP contribution in [0.3, 0.4) is 0 Å². The Kier molecular flexibility index (Phi) is 3.85. The van der Waals surface area contributed by atoms with Crippen LogP contribution in [0.1, 0.15) is 44.2 Å². The van der Waals surface area contributed by atoms with Crippen LogP contribution in [0, 0.1) is 20.8 Å². The predicted octanol–water partition coefficient (Wildman–Crippen LogP) is 1.90. The molecule has 1 fully saturated rings. The third-order valence-corrected chi connectivity index (χ3v) is 3.87. The monoisotopic (exact) mass is 314 g/mol. The Bertz CT molecular complexity index is 749. The van der Waals surface area contributed by atoms with Gasteiger partial charge in [-0.25, -0.2) is 10.0 Å². The van der Waals surface area contributed by atoms with Crippen molar-refractivity contribution < 1.29 is 14.1 Å². The summed E-state index contributed by atoms with van der Waals surface area (Å²) < 4.78 is 5.06. The van der Waals surface area contributed by atoms with Crippen molar-refractivity contribution in [2.45, 2.75) is 27.2 Å². The summed E-state index contributed by atoms with van der Waals surface area (Å²) in [5.41, 5.74) is 2.33. The van der Waals surface area contributed by atoms with Crippen LogP contribution in [-0.4, -0.2) is 45.1 Å². The van der Waals surface area contributed by atoms with Gasteiger partial charge in [-0.05, 0) is 38.8 Å². The molecular weight excluding hydrogens is 296 g/mol. The zero-order valence-electron chi connectivity index (χ0n) is 13.4. The maximum atomic E-state index is 12.8. The second-order valence-electron chi connectivity index (χ2n) is 5.66. The maximum Gasteiger partial charge on any atom is 0.277 e. The molecule has 0 bridgehead atoms. The average Bonchev–Trinajstić information content (AvgIpc) is 3.13. The van der Waals surface area contributed by atoms with Gasteiger partial charge in [-0.1, -0.05) is 5.16 Å². The van der Waals surface area contributed by atoms with Gasteiger partial charge in [-0.3, -0.25) is 14.6 Å². The number of aryl methyl sites for hydroxylation is 3. The molecule has 1 aliphatic heterocycles. The van der Waals surface area contributed by atoms with Gasteiger partial charge in [0.2, 0.25) is 0 Å². The lowest BCUT2D eigenvalue weighted by Crippen LogP contribution is -2.45. The first-order chi connectivity index (χ1) is 11.0. The standard InChI is InChI=1S/C16H18N4O3/c1-10-7-13(9-17-8-10)15(21)19-5-4-6-20(19)16(22)14-11(2)18-23-12(14)3/h7-9H,4-6H2,1-3H3. The van der Waals surface area contributed by atoms with Crippen molar-refractivity contribution >= 4 is 11.8 Å². The van der Waals surface area contributed by atoms with Gasteiger partial charge in [0.05, 0.1) is 11.3 Å². The first-order valence-electron chi connectivity index (χ1n) is 7.47. The third kappa shape index (κ3) is 2.69. The molecule has 0 spiro atoms. The van der Waals surface area contributed by atoms with Crippen LogP contribution < -0.4 is 0 Å². The highest BCUT2D eigenvalue weighted by Crippen LogP contribution is 2.21. The number of hydrazine groups is 1. The van der Waals surface area contributed by atoms with E-state index >= 15 is 0 Å². The smallest absolute Gasteiger partial charge is 0.277 e. The summed E-state index contributed by atoms with van der Waals surface area (Å²) in [5, 5.41) is 6.76. The Labute approximate surface area is 133 Å². The number of nitrogens with zero attached hydrogens (tertiary/aromatic N) is 4. The van der Waals surface area contributed by atoms with Crippen LogP contribution in [0.4, 0.5) is 0 Å². The number of hydrogen-bond acceptors (Lipinski definition) is 5. The molecule has 0 aliphatic carbocycles. The SMILES string of the molecule is Cc1cncc(C(=O)N2CCCN2C(=O)c2c(C)noc2C)c1. The van der Waals surface area contributed by atoms with Gasteiger partial charge < -0.3 is 4.52 Å². The summed E-state index contributed by atoms with van der Waals surface area (Å²) in [4.78, 5) is 29.5. The van der Waals surface area contributed by atoms with Crippen LogP contribution in [0.5, 0.6) is 0 Å². The molecule has 0 saturated carbocycles. The van der Waals surface area contributed by atoms with E-state index in [4.69, 9.17) is 4.52 Å². The van der Waals surface area contributed by atoms with E-state index in [-0.39, 0.29) is 11.8 Å². The largest absolute Gasteiger partial charge is 0.361 e. The lowest BCUT2D eigenvalue weighted by molar-refractivity contribution is 0.0184. The molecule has 23 heavy (non-hydrogen) atoms. The quantitative estimate of drug-likeness (QED) is 0.846. The summed E-state index contributed by atoms with van der Waals surface area (Å²) in [6.45, 7) is 6.28. The van der Waals surface area contributed by atoms with Gasteiger partial charge in [0.1, 0.15) is 11.3 Å². The fourth-order valence-electron chi connectivity index (χ4n) is 2.77. The fourth-order valence-corrected chi connectivity index (χ4v) is 2.77. The van der Waals surface area contributed by atoms with Crippen LogP contribution in [-0.2, 0) is 0 Å². The highest BCUT2D eigenvalue weighted by atomic mass is 16.5. The number of rotatable bonds is 2. The van der Waals surface area contributed by atoms with Crippen molar-refractivity contribution in [1.29, 1.82) is 0 Å². The number of aromatic nitrogens is 2. The Morgan fingerprint density at radius 3 is 2.39 bits per heavy atom.